The molecule has 4 aromatic rings. The van der Waals surface area contributed by atoms with Crippen molar-refractivity contribution in [2.45, 2.75) is 39.3 Å². The molecule has 5 rings (SSSR count). The van der Waals surface area contributed by atoms with Crippen LogP contribution in [0.15, 0.2) is 66.7 Å². The molecule has 3 aromatic carbocycles. The van der Waals surface area contributed by atoms with Crippen molar-refractivity contribution in [2.75, 3.05) is 42.7 Å². The number of hydrogen-bond donors (Lipinski definition) is 4. The van der Waals surface area contributed by atoms with Crippen LogP contribution in [0.4, 0.5) is 23.3 Å². The largest absolute Gasteiger partial charge is 0.392 e. The first kappa shape index (κ1) is 29.1. The van der Waals surface area contributed by atoms with Gasteiger partial charge in [0.25, 0.3) is 5.91 Å². The predicted octanol–water partition coefficient (Wildman–Crippen LogP) is 4.74. The topological polar surface area (TPSA) is 139 Å². The van der Waals surface area contributed by atoms with E-state index in [9.17, 15) is 9.90 Å². The fourth-order valence-electron chi connectivity index (χ4n) is 4.81. The molecule has 5 N–H and O–H groups in total. The van der Waals surface area contributed by atoms with Crippen molar-refractivity contribution in [2.24, 2.45) is 0 Å². The number of morpholine rings is 1. The lowest BCUT2D eigenvalue weighted by atomic mass is 9.86. The zero-order chi connectivity index (χ0) is 29.7. The molecule has 0 atom stereocenters. The van der Waals surface area contributed by atoms with Gasteiger partial charge in [-0.3, -0.25) is 9.69 Å². The average Bonchev–Trinajstić information content (AvgIpc) is 2.98. The van der Waals surface area contributed by atoms with Crippen molar-refractivity contribution in [1.29, 1.82) is 0 Å². The molecule has 0 unspecified atom stereocenters. The summed E-state index contributed by atoms with van der Waals surface area (Å²) in [6.07, 6.45) is 0. The summed E-state index contributed by atoms with van der Waals surface area (Å²) < 4.78 is 5.43. The highest BCUT2D eigenvalue weighted by Crippen LogP contribution is 2.29. The van der Waals surface area contributed by atoms with E-state index in [2.05, 4.69) is 63.4 Å². The monoisotopic (exact) mass is 567 g/mol. The fraction of sp³-hybridized carbons (Fsp3) is 0.312. The molecule has 1 aliphatic rings. The van der Waals surface area contributed by atoms with Crippen LogP contribution in [0.3, 0.4) is 0 Å². The number of hydrogen-bond acceptors (Lipinski definition) is 9. The van der Waals surface area contributed by atoms with Crippen LogP contribution < -0.4 is 16.4 Å². The van der Waals surface area contributed by atoms with Crippen LogP contribution >= 0.6 is 0 Å². The first-order valence-corrected chi connectivity index (χ1v) is 14.0. The minimum absolute atomic E-state index is 0.0139. The van der Waals surface area contributed by atoms with Crippen LogP contribution in [0.1, 0.15) is 47.8 Å². The van der Waals surface area contributed by atoms with Gasteiger partial charge in [0.05, 0.1) is 19.8 Å². The lowest BCUT2D eigenvalue weighted by molar-refractivity contribution is 0.0342. The lowest BCUT2D eigenvalue weighted by Gasteiger charge is -2.26. The lowest BCUT2D eigenvalue weighted by Crippen LogP contribution is -2.35. The standard InChI is InChI=1S/C32H37N7O3/c1-32(2,3)23-11-9-22(10-12-23)29(41)35-27-6-4-5-25(26(27)20-40)28-36-30(33)38-31(37-28)34-24-13-7-21(8-14-24)19-39-15-17-42-18-16-39/h4-14,40H,15-20H2,1-3H3,(H,35,41)(H3,33,34,36,37,38). The summed E-state index contributed by atoms with van der Waals surface area (Å²) in [5.74, 6) is 0.305. The maximum absolute atomic E-state index is 13.1. The normalized spacial score (nSPS) is 14.0. The Bertz CT molecular complexity index is 1530. The van der Waals surface area contributed by atoms with Gasteiger partial charge < -0.3 is 26.2 Å². The van der Waals surface area contributed by atoms with Crippen LogP contribution in [0, 0.1) is 0 Å². The number of anilines is 4. The van der Waals surface area contributed by atoms with Gasteiger partial charge in [0.15, 0.2) is 5.82 Å². The Morgan fingerprint density at radius 1 is 0.976 bits per heavy atom. The number of nitrogens with zero attached hydrogens (tertiary/aromatic N) is 4. The molecule has 2 heterocycles. The van der Waals surface area contributed by atoms with Gasteiger partial charge in [0.1, 0.15) is 0 Å². The van der Waals surface area contributed by atoms with Crippen LogP contribution in [0.25, 0.3) is 11.4 Å². The van der Waals surface area contributed by atoms with E-state index in [-0.39, 0.29) is 35.7 Å². The smallest absolute Gasteiger partial charge is 0.255 e. The molecule has 1 aliphatic heterocycles. The number of benzene rings is 3. The second kappa shape index (κ2) is 12.6. The molecule has 1 fully saturated rings. The van der Waals surface area contributed by atoms with Gasteiger partial charge in [-0.15, -0.1) is 0 Å². The van der Waals surface area contributed by atoms with E-state index >= 15 is 0 Å². The van der Waals surface area contributed by atoms with Crippen LogP contribution in [-0.2, 0) is 23.3 Å². The van der Waals surface area contributed by atoms with Crippen molar-refractivity contribution in [1.82, 2.24) is 19.9 Å². The summed E-state index contributed by atoms with van der Waals surface area (Å²) in [6, 6.07) is 20.9. The molecule has 42 heavy (non-hydrogen) atoms. The molecule has 0 aliphatic carbocycles. The third-order valence-corrected chi connectivity index (χ3v) is 7.21. The molecule has 1 aromatic heterocycles. The Morgan fingerprint density at radius 3 is 2.36 bits per heavy atom. The van der Waals surface area contributed by atoms with E-state index in [1.54, 1.807) is 30.3 Å². The number of nitrogens with two attached hydrogens (primary N) is 1. The summed E-state index contributed by atoms with van der Waals surface area (Å²) in [5.41, 5.74) is 11.2. The van der Waals surface area contributed by atoms with E-state index < -0.39 is 0 Å². The number of aliphatic hydroxyl groups is 1. The van der Waals surface area contributed by atoms with Gasteiger partial charge in [-0.2, -0.15) is 15.0 Å². The molecule has 10 heteroatoms. The molecule has 0 radical (unpaired) electrons. The number of ether oxygens (including phenoxy) is 1. The van der Waals surface area contributed by atoms with Crippen molar-refractivity contribution in [3.8, 4) is 11.4 Å². The van der Waals surface area contributed by atoms with Crippen molar-refractivity contribution in [3.63, 3.8) is 0 Å². The summed E-state index contributed by atoms with van der Waals surface area (Å²) in [7, 11) is 0. The Labute approximate surface area is 246 Å². The van der Waals surface area contributed by atoms with E-state index in [1.807, 2.05) is 24.3 Å². The zero-order valence-corrected chi connectivity index (χ0v) is 24.2. The fourth-order valence-corrected chi connectivity index (χ4v) is 4.81. The van der Waals surface area contributed by atoms with E-state index in [4.69, 9.17) is 10.5 Å². The predicted molar refractivity (Wildman–Crippen MR) is 165 cm³/mol. The third kappa shape index (κ3) is 7.09. The van der Waals surface area contributed by atoms with Gasteiger partial charge in [-0.1, -0.05) is 57.2 Å². The summed E-state index contributed by atoms with van der Waals surface area (Å²) >= 11 is 0. The molecule has 0 bridgehead atoms. The van der Waals surface area contributed by atoms with Crippen LogP contribution in [-0.4, -0.2) is 57.2 Å². The van der Waals surface area contributed by atoms with Crippen LogP contribution in [0.2, 0.25) is 0 Å². The Hall–Kier alpha value is -4.38. The molecule has 218 valence electrons. The van der Waals surface area contributed by atoms with E-state index in [1.165, 1.54) is 5.56 Å². The SMILES string of the molecule is CC(C)(C)c1ccc(C(=O)Nc2cccc(-c3nc(N)nc(Nc4ccc(CN5CCOCC5)cc4)n3)c2CO)cc1. The van der Waals surface area contributed by atoms with Gasteiger partial charge in [-0.25, -0.2) is 0 Å². The molecule has 0 spiro atoms. The van der Waals surface area contributed by atoms with Crippen molar-refractivity contribution < 1.29 is 14.6 Å². The third-order valence-electron chi connectivity index (χ3n) is 7.21. The van der Waals surface area contributed by atoms with E-state index in [0.717, 1.165) is 44.1 Å². The number of carbonyl (C=O) groups is 1. The maximum Gasteiger partial charge on any atom is 0.255 e. The second-order valence-corrected chi connectivity index (χ2v) is 11.3. The number of aliphatic hydroxyl groups excluding tert-OH is 1. The Kier molecular flexibility index (Phi) is 8.77. The van der Waals surface area contributed by atoms with Crippen LogP contribution in [0.5, 0.6) is 0 Å². The maximum atomic E-state index is 13.1. The summed E-state index contributed by atoms with van der Waals surface area (Å²) in [4.78, 5) is 28.6. The average molecular weight is 568 g/mol. The highest BCUT2D eigenvalue weighted by Gasteiger charge is 2.18. The number of carbonyl (C=O) groups excluding carboxylic acids is 1. The number of nitrogens with one attached hydrogen (secondary N) is 2. The first-order valence-electron chi connectivity index (χ1n) is 14.0. The summed E-state index contributed by atoms with van der Waals surface area (Å²) in [6.45, 7) is 10.3. The Morgan fingerprint density at radius 2 is 1.69 bits per heavy atom. The molecule has 1 amide bonds. The van der Waals surface area contributed by atoms with Crippen molar-refractivity contribution >= 4 is 29.2 Å². The number of aromatic nitrogens is 3. The highest BCUT2D eigenvalue weighted by atomic mass is 16.5. The number of rotatable bonds is 8. The highest BCUT2D eigenvalue weighted by molar-refractivity contribution is 6.05. The quantitative estimate of drug-likeness (QED) is 0.238. The van der Waals surface area contributed by atoms with E-state index in [0.29, 0.717) is 22.4 Å². The van der Waals surface area contributed by atoms with Gasteiger partial charge >= 0.3 is 0 Å². The molecule has 0 saturated carbocycles. The zero-order valence-electron chi connectivity index (χ0n) is 24.2. The first-order chi connectivity index (χ1) is 20.2. The second-order valence-electron chi connectivity index (χ2n) is 11.3. The summed E-state index contributed by atoms with van der Waals surface area (Å²) in [5, 5.41) is 16.4. The Balaban J connectivity index is 1.33. The minimum Gasteiger partial charge on any atom is -0.392 e. The molecule has 1 saturated heterocycles. The molecular weight excluding hydrogens is 530 g/mol. The van der Waals surface area contributed by atoms with Crippen molar-refractivity contribution in [3.05, 3.63) is 89.0 Å². The molecule has 10 nitrogen and oxygen atoms in total. The molecular formula is C32H37N7O3. The number of nitrogen functional groups attached to an aromatic ring is 1. The van der Waals surface area contributed by atoms with Gasteiger partial charge in [0.2, 0.25) is 11.9 Å². The minimum atomic E-state index is -0.340. The van der Waals surface area contributed by atoms with Gasteiger partial charge in [-0.05, 0) is 46.9 Å². The van der Waals surface area contributed by atoms with Gasteiger partial charge in [0, 0.05) is 47.7 Å². The number of amides is 1.